The lowest BCUT2D eigenvalue weighted by atomic mass is 9.87. The van der Waals surface area contributed by atoms with E-state index in [-0.39, 0.29) is 17.8 Å². The Morgan fingerprint density at radius 2 is 2.05 bits per heavy atom. The van der Waals surface area contributed by atoms with Gasteiger partial charge in [-0.3, -0.25) is 10.1 Å². The van der Waals surface area contributed by atoms with Crippen molar-refractivity contribution in [3.63, 3.8) is 0 Å². The average Bonchev–Trinajstić information content (AvgIpc) is 2.47. The quantitative estimate of drug-likeness (QED) is 0.585. The number of aliphatic hydroxyl groups is 1. The number of nitro groups is 1. The number of nitro benzene ring substituents is 1. The number of hydrogen-bond acceptors (Lipinski definition) is 4. The van der Waals surface area contributed by atoms with Crippen LogP contribution in [0.25, 0.3) is 0 Å². The van der Waals surface area contributed by atoms with E-state index in [0.29, 0.717) is 18.2 Å². The molecule has 0 aromatic heterocycles. The van der Waals surface area contributed by atoms with Crippen molar-refractivity contribution < 1.29 is 14.8 Å². The van der Waals surface area contributed by atoms with Crippen LogP contribution in [0.15, 0.2) is 24.3 Å². The first-order valence-corrected chi connectivity index (χ1v) is 7.02. The largest absolute Gasteiger partial charge is 0.393 e. The number of anilines is 1. The summed E-state index contributed by atoms with van der Waals surface area (Å²) in [6.07, 6.45) is 3.15. The van der Waals surface area contributed by atoms with Crippen LogP contribution in [0.2, 0.25) is 0 Å². The molecule has 0 aliphatic heterocycles. The number of carbonyl (C=O) groups is 1. The molecule has 1 aromatic rings. The summed E-state index contributed by atoms with van der Waals surface area (Å²) < 4.78 is 0. The van der Waals surface area contributed by atoms with Gasteiger partial charge in [0.05, 0.1) is 11.0 Å². The van der Waals surface area contributed by atoms with Gasteiger partial charge in [0.2, 0.25) is 0 Å². The minimum atomic E-state index is -0.504. The molecule has 2 rings (SSSR count). The fourth-order valence-electron chi connectivity index (χ4n) is 2.46. The number of urea groups is 1. The molecule has 0 atom stereocenters. The van der Waals surface area contributed by atoms with Gasteiger partial charge in [0.25, 0.3) is 5.69 Å². The van der Waals surface area contributed by atoms with Crippen LogP contribution in [0.5, 0.6) is 0 Å². The highest BCUT2D eigenvalue weighted by Gasteiger charge is 2.19. The molecule has 7 nitrogen and oxygen atoms in total. The van der Waals surface area contributed by atoms with Gasteiger partial charge in [-0.2, -0.15) is 0 Å². The second-order valence-corrected chi connectivity index (χ2v) is 5.32. The standard InChI is InChI=1S/C14H19N3O4/c18-13-6-4-10(5-7-13)9-15-14(19)16-11-2-1-3-12(8-11)17(20)21/h1-3,8,10,13,18H,4-7,9H2,(H2,15,16,19). The van der Waals surface area contributed by atoms with Crippen LogP contribution in [0.1, 0.15) is 25.7 Å². The molecule has 0 spiro atoms. The highest BCUT2D eigenvalue weighted by atomic mass is 16.6. The predicted octanol–water partition coefficient (Wildman–Crippen LogP) is 2.27. The van der Waals surface area contributed by atoms with E-state index < -0.39 is 4.92 Å². The smallest absolute Gasteiger partial charge is 0.319 e. The maximum absolute atomic E-state index is 11.8. The van der Waals surface area contributed by atoms with Gasteiger partial charge < -0.3 is 15.7 Å². The number of nitrogens with zero attached hydrogens (tertiary/aromatic N) is 1. The molecule has 0 unspecified atom stereocenters. The summed E-state index contributed by atoms with van der Waals surface area (Å²) in [4.78, 5) is 21.9. The van der Waals surface area contributed by atoms with Crippen LogP contribution in [-0.4, -0.2) is 28.7 Å². The van der Waals surface area contributed by atoms with Gasteiger partial charge in [-0.15, -0.1) is 0 Å². The van der Waals surface area contributed by atoms with Crippen LogP contribution in [0, 0.1) is 16.0 Å². The van der Waals surface area contributed by atoms with Gasteiger partial charge in [0, 0.05) is 24.4 Å². The van der Waals surface area contributed by atoms with Gasteiger partial charge in [-0.05, 0) is 37.7 Å². The van der Waals surface area contributed by atoms with Crippen molar-refractivity contribution in [2.24, 2.45) is 5.92 Å². The van der Waals surface area contributed by atoms with E-state index in [2.05, 4.69) is 10.6 Å². The summed E-state index contributed by atoms with van der Waals surface area (Å²) in [6.45, 7) is 0.549. The number of non-ortho nitro benzene ring substituents is 1. The molecule has 114 valence electrons. The van der Waals surface area contributed by atoms with E-state index in [1.807, 2.05) is 0 Å². The monoisotopic (exact) mass is 293 g/mol. The van der Waals surface area contributed by atoms with Crippen molar-refractivity contribution in [3.05, 3.63) is 34.4 Å². The lowest BCUT2D eigenvalue weighted by molar-refractivity contribution is -0.384. The van der Waals surface area contributed by atoms with E-state index in [1.165, 1.54) is 18.2 Å². The topological polar surface area (TPSA) is 104 Å². The van der Waals surface area contributed by atoms with Crippen LogP contribution in [-0.2, 0) is 0 Å². The normalized spacial score (nSPS) is 21.6. The average molecular weight is 293 g/mol. The first-order valence-electron chi connectivity index (χ1n) is 7.02. The van der Waals surface area contributed by atoms with E-state index in [4.69, 9.17) is 0 Å². The lowest BCUT2D eigenvalue weighted by Crippen LogP contribution is -2.34. The Labute approximate surface area is 122 Å². The molecule has 1 saturated carbocycles. The van der Waals surface area contributed by atoms with Crippen LogP contribution in [0.4, 0.5) is 16.2 Å². The molecular formula is C14H19N3O4. The number of nitrogens with one attached hydrogen (secondary N) is 2. The maximum atomic E-state index is 11.8. The molecule has 0 radical (unpaired) electrons. The summed E-state index contributed by atoms with van der Waals surface area (Å²) in [5.74, 6) is 0.379. The lowest BCUT2D eigenvalue weighted by Gasteiger charge is -2.25. The summed E-state index contributed by atoms with van der Waals surface area (Å²) in [6, 6.07) is 5.44. The van der Waals surface area contributed by atoms with Crippen molar-refractivity contribution in [2.75, 3.05) is 11.9 Å². The van der Waals surface area contributed by atoms with Crippen molar-refractivity contribution in [3.8, 4) is 0 Å². The zero-order valence-electron chi connectivity index (χ0n) is 11.6. The molecule has 3 N–H and O–H groups in total. The Kier molecular flexibility index (Phi) is 5.10. The highest BCUT2D eigenvalue weighted by Crippen LogP contribution is 2.23. The van der Waals surface area contributed by atoms with Crippen molar-refractivity contribution in [1.82, 2.24) is 5.32 Å². The Balaban J connectivity index is 1.79. The molecule has 2 amide bonds. The predicted molar refractivity (Wildman–Crippen MR) is 78.1 cm³/mol. The molecule has 7 heteroatoms. The summed E-state index contributed by atoms with van der Waals surface area (Å²) >= 11 is 0. The number of rotatable bonds is 4. The molecule has 0 bridgehead atoms. The first-order chi connectivity index (χ1) is 10.0. The Morgan fingerprint density at radius 1 is 1.33 bits per heavy atom. The molecular weight excluding hydrogens is 274 g/mol. The van der Waals surface area contributed by atoms with Gasteiger partial charge in [0.15, 0.2) is 0 Å². The van der Waals surface area contributed by atoms with E-state index in [9.17, 15) is 20.0 Å². The molecule has 0 saturated heterocycles. The molecule has 1 aliphatic carbocycles. The molecule has 21 heavy (non-hydrogen) atoms. The highest BCUT2D eigenvalue weighted by molar-refractivity contribution is 5.89. The SMILES string of the molecule is O=C(NCC1CCC(O)CC1)Nc1cccc([N+](=O)[O-])c1. The van der Waals surface area contributed by atoms with Gasteiger partial charge in [-0.25, -0.2) is 4.79 Å². The third kappa shape index (κ3) is 4.71. The number of amides is 2. The van der Waals surface area contributed by atoms with E-state index in [0.717, 1.165) is 25.7 Å². The summed E-state index contributed by atoms with van der Waals surface area (Å²) in [7, 11) is 0. The van der Waals surface area contributed by atoms with E-state index in [1.54, 1.807) is 6.07 Å². The van der Waals surface area contributed by atoms with Crippen LogP contribution >= 0.6 is 0 Å². The number of benzene rings is 1. The third-order valence-electron chi connectivity index (χ3n) is 3.68. The molecule has 1 aliphatic rings. The number of aliphatic hydroxyl groups excluding tert-OH is 1. The minimum absolute atomic E-state index is 0.0610. The van der Waals surface area contributed by atoms with Crippen LogP contribution in [0.3, 0.4) is 0 Å². The molecule has 1 aromatic carbocycles. The second-order valence-electron chi connectivity index (χ2n) is 5.32. The number of hydrogen-bond donors (Lipinski definition) is 3. The number of carbonyl (C=O) groups excluding carboxylic acids is 1. The fraction of sp³-hybridized carbons (Fsp3) is 0.500. The zero-order valence-corrected chi connectivity index (χ0v) is 11.6. The van der Waals surface area contributed by atoms with Gasteiger partial charge in [0.1, 0.15) is 0 Å². The van der Waals surface area contributed by atoms with Crippen LogP contribution < -0.4 is 10.6 Å². The van der Waals surface area contributed by atoms with Crippen molar-refractivity contribution in [2.45, 2.75) is 31.8 Å². The van der Waals surface area contributed by atoms with E-state index >= 15 is 0 Å². The Morgan fingerprint density at radius 3 is 2.71 bits per heavy atom. The third-order valence-corrected chi connectivity index (χ3v) is 3.68. The Hall–Kier alpha value is -2.15. The fourth-order valence-corrected chi connectivity index (χ4v) is 2.46. The van der Waals surface area contributed by atoms with Crippen molar-refractivity contribution in [1.29, 1.82) is 0 Å². The first kappa shape index (κ1) is 15.2. The molecule has 0 heterocycles. The zero-order chi connectivity index (χ0) is 15.2. The summed E-state index contributed by atoms with van der Waals surface area (Å²) in [5, 5.41) is 25.4. The van der Waals surface area contributed by atoms with Gasteiger partial charge >= 0.3 is 6.03 Å². The maximum Gasteiger partial charge on any atom is 0.319 e. The Bertz CT molecular complexity index is 513. The summed E-state index contributed by atoms with van der Waals surface area (Å²) in [5.41, 5.74) is 0.329. The van der Waals surface area contributed by atoms with Gasteiger partial charge in [-0.1, -0.05) is 6.07 Å². The molecule has 1 fully saturated rings. The second kappa shape index (κ2) is 7.03. The minimum Gasteiger partial charge on any atom is -0.393 e. The van der Waals surface area contributed by atoms with Crippen molar-refractivity contribution >= 4 is 17.4 Å².